The van der Waals surface area contributed by atoms with Gasteiger partial charge in [-0.1, -0.05) is 30.3 Å². The fourth-order valence-corrected chi connectivity index (χ4v) is 2.46. The third kappa shape index (κ3) is 5.31. The van der Waals surface area contributed by atoms with Gasteiger partial charge in [-0.25, -0.2) is 18.7 Å². The number of nitrogens with one attached hydrogen (secondary N) is 2. The molecule has 0 aliphatic rings. The number of carbonyl (C=O) groups is 1. The number of hydrogen-bond donors (Lipinski definition) is 2. The van der Waals surface area contributed by atoms with Crippen molar-refractivity contribution >= 4 is 17.4 Å². The topological polar surface area (TPSA) is 66.9 Å². The van der Waals surface area contributed by atoms with Gasteiger partial charge in [-0.2, -0.15) is 0 Å². The van der Waals surface area contributed by atoms with Crippen LogP contribution in [-0.2, 0) is 6.42 Å². The number of anilines is 2. The monoisotopic (exact) mass is 368 g/mol. The van der Waals surface area contributed by atoms with Crippen molar-refractivity contribution in [3.8, 4) is 0 Å². The van der Waals surface area contributed by atoms with Gasteiger partial charge in [0.2, 0.25) is 0 Å². The Hall–Kier alpha value is -3.35. The van der Waals surface area contributed by atoms with Crippen LogP contribution in [0.15, 0.2) is 60.9 Å². The van der Waals surface area contributed by atoms with Crippen molar-refractivity contribution in [2.24, 2.45) is 0 Å². The summed E-state index contributed by atoms with van der Waals surface area (Å²) in [6.07, 6.45) is 4.68. The lowest BCUT2D eigenvalue weighted by molar-refractivity contribution is 0.102. The van der Waals surface area contributed by atoms with Gasteiger partial charge in [0.25, 0.3) is 5.91 Å². The fourth-order valence-electron chi connectivity index (χ4n) is 2.46. The molecule has 1 aromatic heterocycles. The van der Waals surface area contributed by atoms with Gasteiger partial charge < -0.3 is 10.6 Å². The van der Waals surface area contributed by atoms with Gasteiger partial charge in [0.1, 0.15) is 11.5 Å². The highest BCUT2D eigenvalue weighted by molar-refractivity contribution is 6.02. The average Bonchev–Trinajstić information content (AvgIpc) is 2.69. The molecule has 0 unspecified atom stereocenters. The molecule has 0 bridgehead atoms. The Balaban J connectivity index is 1.49. The van der Waals surface area contributed by atoms with Crippen molar-refractivity contribution in [3.63, 3.8) is 0 Å². The predicted octanol–water partition coefficient (Wildman–Crippen LogP) is 4.05. The zero-order valence-corrected chi connectivity index (χ0v) is 14.5. The van der Waals surface area contributed by atoms with Gasteiger partial charge in [-0.05, 0) is 30.5 Å². The van der Waals surface area contributed by atoms with Gasteiger partial charge >= 0.3 is 0 Å². The molecule has 1 amide bonds. The normalized spacial score (nSPS) is 10.4. The number of aromatic nitrogens is 2. The maximum absolute atomic E-state index is 13.2. The number of carbonyl (C=O) groups excluding carboxylic acids is 1. The van der Waals surface area contributed by atoms with Gasteiger partial charge in [0, 0.05) is 18.3 Å². The lowest BCUT2D eigenvalue weighted by Gasteiger charge is -2.07. The van der Waals surface area contributed by atoms with Crippen LogP contribution in [0.25, 0.3) is 0 Å². The number of hydrogen-bond acceptors (Lipinski definition) is 4. The first-order valence-electron chi connectivity index (χ1n) is 8.48. The van der Waals surface area contributed by atoms with Crippen molar-refractivity contribution < 1.29 is 13.6 Å². The quantitative estimate of drug-likeness (QED) is 0.618. The van der Waals surface area contributed by atoms with E-state index in [1.165, 1.54) is 24.0 Å². The number of aryl methyl sites for hydroxylation is 1. The van der Waals surface area contributed by atoms with Crippen LogP contribution in [0, 0.1) is 11.6 Å². The van der Waals surface area contributed by atoms with Crippen molar-refractivity contribution in [2.75, 3.05) is 17.2 Å². The molecule has 27 heavy (non-hydrogen) atoms. The molecular weight excluding hydrogens is 350 g/mol. The molecule has 0 saturated carbocycles. The SMILES string of the molecule is O=C(Nc1ccc(F)c(F)c1)c1cnc(NCCCc2ccccc2)cn1. The first kappa shape index (κ1) is 18.4. The van der Waals surface area contributed by atoms with Gasteiger partial charge in [-0.3, -0.25) is 4.79 Å². The lowest BCUT2D eigenvalue weighted by atomic mass is 10.1. The summed E-state index contributed by atoms with van der Waals surface area (Å²) in [5, 5.41) is 5.60. The Morgan fingerprint density at radius 1 is 0.963 bits per heavy atom. The zero-order chi connectivity index (χ0) is 19.1. The average molecular weight is 368 g/mol. The minimum absolute atomic E-state index is 0.0783. The van der Waals surface area contributed by atoms with Crippen LogP contribution >= 0.6 is 0 Å². The summed E-state index contributed by atoms with van der Waals surface area (Å²) in [4.78, 5) is 20.3. The summed E-state index contributed by atoms with van der Waals surface area (Å²) < 4.78 is 26.1. The summed E-state index contributed by atoms with van der Waals surface area (Å²) in [5.41, 5.74) is 1.49. The number of amides is 1. The van der Waals surface area contributed by atoms with Crippen LogP contribution in [0.3, 0.4) is 0 Å². The summed E-state index contributed by atoms with van der Waals surface area (Å²) >= 11 is 0. The molecule has 0 radical (unpaired) electrons. The second kappa shape index (κ2) is 8.84. The van der Waals surface area contributed by atoms with E-state index in [1.54, 1.807) is 0 Å². The molecule has 138 valence electrons. The largest absolute Gasteiger partial charge is 0.369 e. The van der Waals surface area contributed by atoms with E-state index in [-0.39, 0.29) is 11.4 Å². The van der Waals surface area contributed by atoms with E-state index in [1.807, 2.05) is 18.2 Å². The smallest absolute Gasteiger partial charge is 0.275 e. The van der Waals surface area contributed by atoms with Crippen LogP contribution in [0.2, 0.25) is 0 Å². The van der Waals surface area contributed by atoms with E-state index < -0.39 is 17.5 Å². The van der Waals surface area contributed by atoms with Gasteiger partial charge in [0.05, 0.1) is 12.4 Å². The highest BCUT2D eigenvalue weighted by Crippen LogP contribution is 2.14. The molecule has 2 N–H and O–H groups in total. The summed E-state index contributed by atoms with van der Waals surface area (Å²) in [5.74, 6) is -2.00. The standard InChI is InChI=1S/C20H18F2N4O/c21-16-9-8-15(11-17(16)22)26-20(27)18-12-25-19(13-24-18)23-10-4-7-14-5-2-1-3-6-14/h1-3,5-6,8-9,11-13H,4,7,10H2,(H,23,25)(H,26,27). The van der Waals surface area contributed by atoms with Crippen LogP contribution in [0.1, 0.15) is 22.5 Å². The first-order valence-corrected chi connectivity index (χ1v) is 8.48. The second-order valence-electron chi connectivity index (χ2n) is 5.89. The molecular formula is C20H18F2N4O. The summed E-state index contributed by atoms with van der Waals surface area (Å²) in [6, 6.07) is 13.3. The Kier molecular flexibility index (Phi) is 6.04. The number of rotatable bonds is 7. The molecule has 3 rings (SSSR count). The molecule has 5 nitrogen and oxygen atoms in total. The highest BCUT2D eigenvalue weighted by atomic mass is 19.2. The Labute approximate surface area is 155 Å². The summed E-state index contributed by atoms with van der Waals surface area (Å²) in [6.45, 7) is 0.726. The first-order chi connectivity index (χ1) is 13.1. The van der Waals surface area contributed by atoms with Crippen LogP contribution in [-0.4, -0.2) is 22.4 Å². The molecule has 0 aliphatic heterocycles. The van der Waals surface area contributed by atoms with E-state index in [0.29, 0.717) is 5.82 Å². The Bertz CT molecular complexity index is 902. The summed E-state index contributed by atoms with van der Waals surface area (Å²) in [7, 11) is 0. The van der Waals surface area contributed by atoms with E-state index in [2.05, 4.69) is 32.7 Å². The Morgan fingerprint density at radius 3 is 2.48 bits per heavy atom. The molecule has 0 atom stereocenters. The molecule has 7 heteroatoms. The number of nitrogens with zero attached hydrogens (tertiary/aromatic N) is 2. The van der Waals surface area contributed by atoms with Crippen LogP contribution in [0.5, 0.6) is 0 Å². The van der Waals surface area contributed by atoms with E-state index in [4.69, 9.17) is 0 Å². The number of halogens is 2. The van der Waals surface area contributed by atoms with Crippen molar-refractivity contribution in [1.29, 1.82) is 0 Å². The van der Waals surface area contributed by atoms with Gasteiger partial charge in [0.15, 0.2) is 11.6 Å². The third-order valence-electron chi connectivity index (χ3n) is 3.85. The highest BCUT2D eigenvalue weighted by Gasteiger charge is 2.10. The van der Waals surface area contributed by atoms with Gasteiger partial charge in [-0.15, -0.1) is 0 Å². The fraction of sp³-hybridized carbons (Fsp3) is 0.150. The third-order valence-corrected chi connectivity index (χ3v) is 3.85. The molecule has 0 aliphatic carbocycles. The minimum Gasteiger partial charge on any atom is -0.369 e. The maximum Gasteiger partial charge on any atom is 0.275 e. The van der Waals surface area contributed by atoms with E-state index in [0.717, 1.165) is 31.5 Å². The molecule has 1 heterocycles. The molecule has 0 fully saturated rings. The van der Waals surface area contributed by atoms with Crippen LogP contribution in [0.4, 0.5) is 20.3 Å². The maximum atomic E-state index is 13.2. The van der Waals surface area contributed by atoms with E-state index >= 15 is 0 Å². The lowest BCUT2D eigenvalue weighted by Crippen LogP contribution is -2.15. The predicted molar refractivity (Wildman–Crippen MR) is 99.6 cm³/mol. The second-order valence-corrected chi connectivity index (χ2v) is 5.89. The molecule has 0 saturated heterocycles. The zero-order valence-electron chi connectivity index (χ0n) is 14.5. The number of benzene rings is 2. The minimum atomic E-state index is -1.03. The van der Waals surface area contributed by atoms with Crippen LogP contribution < -0.4 is 10.6 Å². The Morgan fingerprint density at radius 2 is 1.78 bits per heavy atom. The molecule has 2 aromatic carbocycles. The van der Waals surface area contributed by atoms with Crippen molar-refractivity contribution in [2.45, 2.75) is 12.8 Å². The molecule has 0 spiro atoms. The molecule has 3 aromatic rings. The van der Waals surface area contributed by atoms with Crippen molar-refractivity contribution in [3.05, 3.63) is 83.8 Å². The van der Waals surface area contributed by atoms with E-state index in [9.17, 15) is 13.6 Å². The van der Waals surface area contributed by atoms with Crippen molar-refractivity contribution in [1.82, 2.24) is 9.97 Å².